The van der Waals surface area contributed by atoms with Crippen molar-refractivity contribution in [2.24, 2.45) is 5.73 Å². The number of nitrogens with one attached hydrogen (secondary N) is 1. The number of halogens is 3. The summed E-state index contributed by atoms with van der Waals surface area (Å²) in [6, 6.07) is 5.03. The third kappa shape index (κ3) is 3.70. The number of aryl methyl sites for hydroxylation is 1. The molecule has 0 atom stereocenters. The Labute approximate surface area is 147 Å². The van der Waals surface area contributed by atoms with Crippen LogP contribution in [-0.2, 0) is 16.6 Å². The fourth-order valence-corrected chi connectivity index (χ4v) is 5.64. The number of anilines is 1. The third-order valence-electron chi connectivity index (χ3n) is 2.62. The van der Waals surface area contributed by atoms with E-state index in [1.807, 2.05) is 19.1 Å². The molecule has 1 aromatic heterocycles. The van der Waals surface area contributed by atoms with Gasteiger partial charge in [0.2, 0.25) is 0 Å². The molecule has 21 heavy (non-hydrogen) atoms. The van der Waals surface area contributed by atoms with E-state index in [4.69, 9.17) is 10.2 Å². The molecule has 0 saturated heterocycles. The van der Waals surface area contributed by atoms with Crippen molar-refractivity contribution in [1.82, 2.24) is 0 Å². The fraction of sp³-hybridized carbons (Fsp3) is 0.167. The van der Waals surface area contributed by atoms with Crippen molar-refractivity contribution in [2.75, 3.05) is 4.72 Å². The van der Waals surface area contributed by atoms with Crippen LogP contribution in [0.1, 0.15) is 11.3 Å². The molecule has 0 aliphatic rings. The van der Waals surface area contributed by atoms with Gasteiger partial charge in [-0.1, -0.05) is 0 Å². The van der Waals surface area contributed by atoms with Gasteiger partial charge in [0.25, 0.3) is 10.0 Å². The van der Waals surface area contributed by atoms with Gasteiger partial charge in [0.1, 0.15) is 10.7 Å². The molecule has 0 aliphatic heterocycles. The Morgan fingerprint density at radius 3 is 2.24 bits per heavy atom. The molecular formula is C12H11Br3N2O3S. The van der Waals surface area contributed by atoms with Crippen LogP contribution in [0.3, 0.4) is 0 Å². The maximum Gasteiger partial charge on any atom is 0.266 e. The topological polar surface area (TPSA) is 85.3 Å². The molecule has 1 aromatic carbocycles. The van der Waals surface area contributed by atoms with Gasteiger partial charge in [-0.15, -0.1) is 0 Å². The lowest BCUT2D eigenvalue weighted by Gasteiger charge is -2.11. The summed E-state index contributed by atoms with van der Waals surface area (Å²) in [6.07, 6.45) is 0. The summed E-state index contributed by atoms with van der Waals surface area (Å²) < 4.78 is 34.0. The summed E-state index contributed by atoms with van der Waals surface area (Å²) in [6.45, 7) is 2.03. The van der Waals surface area contributed by atoms with E-state index in [0.29, 0.717) is 20.4 Å². The highest BCUT2D eigenvalue weighted by Crippen LogP contribution is 2.35. The van der Waals surface area contributed by atoms with E-state index in [1.165, 1.54) is 6.07 Å². The van der Waals surface area contributed by atoms with Crippen LogP contribution in [0.2, 0.25) is 0 Å². The Hall–Kier alpha value is -0.350. The van der Waals surface area contributed by atoms with E-state index in [0.717, 1.165) is 5.56 Å². The summed E-state index contributed by atoms with van der Waals surface area (Å²) in [5.74, 6) is 0.379. The second kappa shape index (κ2) is 6.41. The van der Waals surface area contributed by atoms with Crippen molar-refractivity contribution in [3.8, 4) is 0 Å². The van der Waals surface area contributed by atoms with Crippen molar-refractivity contribution in [3.63, 3.8) is 0 Å². The Bertz CT molecular complexity index is 764. The molecule has 3 N–H and O–H groups in total. The van der Waals surface area contributed by atoms with Crippen LogP contribution in [-0.4, -0.2) is 8.42 Å². The van der Waals surface area contributed by atoms with Gasteiger partial charge in [0, 0.05) is 15.0 Å². The zero-order valence-electron chi connectivity index (χ0n) is 10.8. The molecule has 0 fully saturated rings. The minimum absolute atomic E-state index is 0.00215. The highest BCUT2D eigenvalue weighted by atomic mass is 79.9. The molecule has 5 nitrogen and oxygen atoms in total. The van der Waals surface area contributed by atoms with Crippen LogP contribution >= 0.6 is 47.8 Å². The first-order valence-corrected chi connectivity index (χ1v) is 9.57. The fourth-order valence-electron chi connectivity index (χ4n) is 1.67. The minimum Gasteiger partial charge on any atom is -0.452 e. The molecule has 0 aliphatic carbocycles. The predicted octanol–water partition coefficient (Wildman–Crippen LogP) is 4.14. The minimum atomic E-state index is -3.80. The number of sulfonamides is 1. The summed E-state index contributed by atoms with van der Waals surface area (Å²) in [7, 11) is -3.80. The highest BCUT2D eigenvalue weighted by Gasteiger charge is 2.24. The molecule has 0 amide bonds. The first-order valence-electron chi connectivity index (χ1n) is 5.71. The first-order chi connectivity index (χ1) is 9.74. The van der Waals surface area contributed by atoms with Crippen molar-refractivity contribution in [2.45, 2.75) is 18.4 Å². The van der Waals surface area contributed by atoms with E-state index in [2.05, 4.69) is 52.5 Å². The molecule has 0 saturated carbocycles. The van der Waals surface area contributed by atoms with E-state index in [1.54, 1.807) is 0 Å². The molecule has 0 bridgehead atoms. The summed E-state index contributed by atoms with van der Waals surface area (Å²) in [5.41, 5.74) is 6.86. The van der Waals surface area contributed by atoms with Crippen LogP contribution in [0.5, 0.6) is 0 Å². The van der Waals surface area contributed by atoms with Gasteiger partial charge >= 0.3 is 0 Å². The normalized spacial score (nSPS) is 11.7. The quantitative estimate of drug-likeness (QED) is 0.658. The number of nitrogens with two attached hydrogens (primary N) is 1. The molecule has 2 rings (SSSR count). The van der Waals surface area contributed by atoms with Gasteiger partial charge < -0.3 is 10.2 Å². The lowest BCUT2D eigenvalue weighted by atomic mass is 10.2. The maximum atomic E-state index is 12.5. The van der Waals surface area contributed by atoms with Gasteiger partial charge in [0.15, 0.2) is 4.67 Å². The Morgan fingerprint density at radius 1 is 1.19 bits per heavy atom. The molecule has 0 spiro atoms. The molecule has 114 valence electrons. The van der Waals surface area contributed by atoms with Crippen molar-refractivity contribution >= 4 is 63.5 Å². The summed E-state index contributed by atoms with van der Waals surface area (Å²) >= 11 is 9.79. The first kappa shape index (κ1) is 17.0. The third-order valence-corrected chi connectivity index (χ3v) is 6.08. The van der Waals surface area contributed by atoms with Crippen LogP contribution in [0.15, 0.2) is 41.1 Å². The number of benzene rings is 1. The molecule has 0 radical (unpaired) electrons. The maximum absolute atomic E-state index is 12.5. The van der Waals surface area contributed by atoms with Gasteiger partial charge in [-0.2, -0.15) is 0 Å². The van der Waals surface area contributed by atoms with Crippen LogP contribution in [0, 0.1) is 6.92 Å². The van der Waals surface area contributed by atoms with Crippen molar-refractivity contribution in [1.29, 1.82) is 0 Å². The number of hydrogen-bond acceptors (Lipinski definition) is 4. The predicted molar refractivity (Wildman–Crippen MR) is 91.7 cm³/mol. The zero-order chi connectivity index (χ0) is 15.8. The molecular weight excluding hydrogens is 492 g/mol. The standard InChI is InChI=1S/C12H11Br3N2O3S/c1-6-2-8(13)11(9(14)3-6)17-21(18,19)10-4-7(5-16)20-12(10)15/h2-4,17H,5,16H2,1H3. The average Bonchev–Trinajstić information content (AvgIpc) is 2.76. The Morgan fingerprint density at radius 2 is 1.76 bits per heavy atom. The van der Waals surface area contributed by atoms with E-state index in [-0.39, 0.29) is 16.1 Å². The molecule has 0 unspecified atom stereocenters. The second-order valence-corrected chi connectivity index (χ2v) is 8.34. The second-order valence-electron chi connectivity index (χ2n) is 4.26. The Kier molecular flexibility index (Phi) is 5.19. The van der Waals surface area contributed by atoms with Gasteiger partial charge in [-0.3, -0.25) is 4.72 Å². The van der Waals surface area contributed by atoms with Crippen LogP contribution < -0.4 is 10.5 Å². The van der Waals surface area contributed by atoms with E-state index in [9.17, 15) is 8.42 Å². The van der Waals surface area contributed by atoms with E-state index >= 15 is 0 Å². The number of rotatable bonds is 4. The lowest BCUT2D eigenvalue weighted by Crippen LogP contribution is -2.13. The lowest BCUT2D eigenvalue weighted by molar-refractivity contribution is 0.484. The monoisotopic (exact) mass is 500 g/mol. The van der Waals surface area contributed by atoms with Crippen molar-refractivity contribution in [3.05, 3.63) is 43.1 Å². The number of hydrogen-bond donors (Lipinski definition) is 2. The van der Waals surface area contributed by atoms with Crippen LogP contribution in [0.4, 0.5) is 5.69 Å². The SMILES string of the molecule is Cc1cc(Br)c(NS(=O)(=O)c2cc(CN)oc2Br)c(Br)c1. The summed E-state index contributed by atoms with van der Waals surface area (Å²) in [4.78, 5) is 0.00215. The number of furan rings is 1. The zero-order valence-corrected chi connectivity index (χ0v) is 16.4. The average molecular weight is 503 g/mol. The highest BCUT2D eigenvalue weighted by molar-refractivity contribution is 9.11. The smallest absolute Gasteiger partial charge is 0.266 e. The molecule has 1 heterocycles. The van der Waals surface area contributed by atoms with Gasteiger partial charge in [0.05, 0.1) is 12.2 Å². The Balaban J connectivity index is 2.44. The summed E-state index contributed by atoms with van der Waals surface area (Å²) in [5, 5.41) is 0. The van der Waals surface area contributed by atoms with Gasteiger partial charge in [-0.05, 0) is 72.4 Å². The van der Waals surface area contributed by atoms with Crippen LogP contribution in [0.25, 0.3) is 0 Å². The largest absolute Gasteiger partial charge is 0.452 e. The molecule has 2 aromatic rings. The van der Waals surface area contributed by atoms with Crippen molar-refractivity contribution < 1.29 is 12.8 Å². The molecule has 9 heteroatoms. The van der Waals surface area contributed by atoms with Gasteiger partial charge in [-0.25, -0.2) is 8.42 Å². The van der Waals surface area contributed by atoms with E-state index < -0.39 is 10.0 Å².